The summed E-state index contributed by atoms with van der Waals surface area (Å²) >= 11 is 6.03. The smallest absolute Gasteiger partial charge is 0.307 e. The molecule has 1 saturated carbocycles. The number of benzene rings is 1. The molecule has 3 atom stereocenters. The third-order valence-corrected chi connectivity index (χ3v) is 3.60. The van der Waals surface area contributed by atoms with E-state index < -0.39 is 24.1 Å². The van der Waals surface area contributed by atoms with E-state index >= 15 is 0 Å². The van der Waals surface area contributed by atoms with E-state index in [0.29, 0.717) is 28.5 Å². The van der Waals surface area contributed by atoms with Crippen molar-refractivity contribution >= 4 is 23.4 Å². The van der Waals surface area contributed by atoms with Crippen LogP contribution in [0, 0.1) is 11.8 Å². The van der Waals surface area contributed by atoms with Crippen molar-refractivity contribution in [1.82, 2.24) is 0 Å². The quantitative estimate of drug-likeness (QED) is 0.862. The Morgan fingerprint density at radius 2 is 2.05 bits per heavy atom. The molecule has 1 aliphatic carbocycles. The second-order valence-electron chi connectivity index (χ2n) is 4.74. The number of hydrogen-bond acceptors (Lipinski definition) is 4. The predicted octanol–water partition coefficient (Wildman–Crippen LogP) is 2.36. The first kappa shape index (κ1) is 12.3. The van der Waals surface area contributed by atoms with Gasteiger partial charge in [0.1, 0.15) is 0 Å². The number of aliphatic carboxylic acids is 1. The van der Waals surface area contributed by atoms with Crippen molar-refractivity contribution in [2.45, 2.75) is 19.6 Å². The van der Waals surface area contributed by atoms with Crippen LogP contribution in [0.15, 0.2) is 12.1 Å². The number of fused-ring (bicyclic) bond motifs is 1. The lowest BCUT2D eigenvalue weighted by Crippen LogP contribution is -2.11. The zero-order chi connectivity index (χ0) is 13.7. The number of carbonyl (C=O) groups excluding carboxylic acids is 1. The van der Waals surface area contributed by atoms with Gasteiger partial charge < -0.3 is 14.6 Å². The summed E-state index contributed by atoms with van der Waals surface area (Å²) in [5.41, 5.74) is 0.371. The summed E-state index contributed by atoms with van der Waals surface area (Å²) in [7, 11) is 0. The molecule has 0 aromatic heterocycles. The molecule has 1 unspecified atom stereocenters. The number of rotatable bonds is 3. The van der Waals surface area contributed by atoms with Crippen LogP contribution in [-0.2, 0) is 4.79 Å². The van der Waals surface area contributed by atoms with Gasteiger partial charge in [0.25, 0.3) is 0 Å². The Hall–Kier alpha value is -1.75. The van der Waals surface area contributed by atoms with Crippen molar-refractivity contribution < 1.29 is 24.2 Å². The molecule has 0 radical (unpaired) electrons. The molecule has 1 aromatic carbocycles. The summed E-state index contributed by atoms with van der Waals surface area (Å²) in [6.07, 6.45) is -0.0538. The highest BCUT2D eigenvalue weighted by Gasteiger charge is 2.48. The molecular weight excluding hydrogens is 272 g/mol. The number of ketones is 1. The van der Waals surface area contributed by atoms with Crippen LogP contribution in [0.2, 0.25) is 5.02 Å². The minimum absolute atomic E-state index is 0.208. The first-order valence-corrected chi connectivity index (χ1v) is 6.29. The van der Waals surface area contributed by atoms with E-state index in [4.69, 9.17) is 26.2 Å². The van der Waals surface area contributed by atoms with Crippen LogP contribution >= 0.6 is 11.6 Å². The largest absolute Gasteiger partial charge is 0.481 e. The van der Waals surface area contributed by atoms with E-state index in [9.17, 15) is 9.59 Å². The number of ether oxygens (including phenoxy) is 2. The Kier molecular flexibility index (Phi) is 2.67. The third-order valence-electron chi connectivity index (χ3n) is 3.32. The summed E-state index contributed by atoms with van der Waals surface area (Å²) in [6.45, 7) is 1.72. The van der Waals surface area contributed by atoms with Crippen LogP contribution in [0.25, 0.3) is 0 Å². The van der Waals surface area contributed by atoms with Gasteiger partial charge in [0.15, 0.2) is 17.3 Å². The second-order valence-corrected chi connectivity index (χ2v) is 5.15. The van der Waals surface area contributed by atoms with Gasteiger partial charge in [-0.1, -0.05) is 11.6 Å². The Balaban J connectivity index is 1.87. The molecule has 0 bridgehead atoms. The number of carboxylic acid groups (broad SMARTS) is 1. The molecule has 6 heteroatoms. The molecule has 1 heterocycles. The number of carboxylic acids is 1. The molecule has 0 amide bonds. The van der Waals surface area contributed by atoms with E-state index in [1.807, 2.05) is 0 Å². The molecule has 1 N–H and O–H groups in total. The highest BCUT2D eigenvalue weighted by atomic mass is 35.5. The van der Waals surface area contributed by atoms with Crippen molar-refractivity contribution in [3.63, 3.8) is 0 Å². The Bertz CT molecular complexity index is 583. The van der Waals surface area contributed by atoms with Gasteiger partial charge in [-0.05, 0) is 18.6 Å². The van der Waals surface area contributed by atoms with Gasteiger partial charge in [-0.2, -0.15) is 0 Å². The molecular formula is C13H11ClO5. The normalized spacial score (nSPS) is 27.2. The van der Waals surface area contributed by atoms with Crippen LogP contribution in [0.3, 0.4) is 0 Å². The molecule has 19 heavy (non-hydrogen) atoms. The van der Waals surface area contributed by atoms with Gasteiger partial charge in [0.05, 0.1) is 10.9 Å². The Morgan fingerprint density at radius 1 is 1.32 bits per heavy atom. The van der Waals surface area contributed by atoms with E-state index in [2.05, 4.69) is 0 Å². The van der Waals surface area contributed by atoms with Crippen LogP contribution < -0.4 is 9.47 Å². The molecule has 2 aliphatic rings. The maximum atomic E-state index is 12.1. The topological polar surface area (TPSA) is 72.8 Å². The van der Waals surface area contributed by atoms with E-state index in [-0.39, 0.29) is 5.78 Å². The minimum Gasteiger partial charge on any atom is -0.481 e. The van der Waals surface area contributed by atoms with Gasteiger partial charge in [-0.3, -0.25) is 9.59 Å². The monoisotopic (exact) mass is 282 g/mol. The van der Waals surface area contributed by atoms with Crippen LogP contribution in [0.5, 0.6) is 11.5 Å². The maximum Gasteiger partial charge on any atom is 0.307 e. The molecule has 5 nitrogen and oxygen atoms in total. The standard InChI is InChI=1S/C13H11ClO5/c1-5-18-10-3-6(2-9(14)12(10)19-5)11(15)7-4-8(7)13(16)17/h2-3,5,7-8H,4H2,1H3,(H,16,17)/t5?,7-,8-/m0/s1. The van der Waals surface area contributed by atoms with Crippen molar-refractivity contribution in [3.05, 3.63) is 22.7 Å². The SMILES string of the molecule is CC1Oc2cc(C(=O)[C@H]3C[C@@H]3C(=O)O)cc(Cl)c2O1. The first-order valence-electron chi connectivity index (χ1n) is 5.91. The molecule has 0 spiro atoms. The lowest BCUT2D eigenvalue weighted by atomic mass is 10.1. The lowest BCUT2D eigenvalue weighted by molar-refractivity contribution is -0.138. The average molecular weight is 283 g/mol. The summed E-state index contributed by atoms with van der Waals surface area (Å²) in [6, 6.07) is 3.06. The van der Waals surface area contributed by atoms with Crippen LogP contribution in [-0.4, -0.2) is 23.1 Å². The number of Topliss-reactive ketones (excluding diaryl/α,β-unsaturated/α-hetero) is 1. The summed E-state index contributed by atoms with van der Waals surface area (Å²) < 4.78 is 10.7. The second kappa shape index (κ2) is 4.13. The van der Waals surface area contributed by atoms with Gasteiger partial charge in [-0.25, -0.2) is 0 Å². The molecule has 1 fully saturated rings. The highest BCUT2D eigenvalue weighted by molar-refractivity contribution is 6.32. The molecule has 3 rings (SSSR count). The highest BCUT2D eigenvalue weighted by Crippen LogP contribution is 2.45. The maximum absolute atomic E-state index is 12.1. The summed E-state index contributed by atoms with van der Waals surface area (Å²) in [5.74, 6) is -1.31. The van der Waals surface area contributed by atoms with E-state index in [1.165, 1.54) is 6.07 Å². The fourth-order valence-corrected chi connectivity index (χ4v) is 2.51. The summed E-state index contributed by atoms with van der Waals surface area (Å²) in [5, 5.41) is 9.14. The summed E-state index contributed by atoms with van der Waals surface area (Å²) in [4.78, 5) is 22.9. The fraction of sp³-hybridized carbons (Fsp3) is 0.385. The van der Waals surface area contributed by atoms with Gasteiger partial charge in [0.2, 0.25) is 6.29 Å². The van der Waals surface area contributed by atoms with Crippen molar-refractivity contribution in [2.24, 2.45) is 11.8 Å². The Labute approximate surface area is 114 Å². The lowest BCUT2D eigenvalue weighted by Gasteiger charge is -2.03. The first-order chi connectivity index (χ1) is 8.97. The third kappa shape index (κ3) is 2.04. The average Bonchev–Trinajstić information content (AvgIpc) is 3.05. The molecule has 0 saturated heterocycles. The van der Waals surface area contributed by atoms with E-state index in [1.54, 1.807) is 13.0 Å². The van der Waals surface area contributed by atoms with Crippen LogP contribution in [0.1, 0.15) is 23.7 Å². The van der Waals surface area contributed by atoms with Crippen LogP contribution in [0.4, 0.5) is 0 Å². The zero-order valence-corrected chi connectivity index (χ0v) is 10.8. The van der Waals surface area contributed by atoms with Gasteiger partial charge >= 0.3 is 5.97 Å². The van der Waals surface area contributed by atoms with Gasteiger partial charge in [-0.15, -0.1) is 0 Å². The van der Waals surface area contributed by atoms with Crippen molar-refractivity contribution in [3.8, 4) is 11.5 Å². The fourth-order valence-electron chi connectivity index (χ4n) is 2.25. The van der Waals surface area contributed by atoms with E-state index in [0.717, 1.165) is 0 Å². The van der Waals surface area contributed by atoms with Gasteiger partial charge in [0, 0.05) is 18.4 Å². The minimum atomic E-state index is -0.932. The number of carbonyl (C=O) groups is 2. The molecule has 1 aromatic rings. The molecule has 100 valence electrons. The number of halogens is 1. The molecule has 1 aliphatic heterocycles. The van der Waals surface area contributed by atoms with Crippen molar-refractivity contribution in [2.75, 3.05) is 0 Å². The zero-order valence-electron chi connectivity index (χ0n) is 10.1. The predicted molar refractivity (Wildman–Crippen MR) is 65.7 cm³/mol. The Morgan fingerprint density at radius 3 is 2.68 bits per heavy atom. The van der Waals surface area contributed by atoms with Crippen molar-refractivity contribution in [1.29, 1.82) is 0 Å². The number of hydrogen-bond donors (Lipinski definition) is 1.